The largest absolute Gasteiger partial charge is 0.326 e. The van der Waals surface area contributed by atoms with Crippen molar-refractivity contribution in [2.45, 2.75) is 33.2 Å². The summed E-state index contributed by atoms with van der Waals surface area (Å²) >= 11 is 0. The molecule has 0 aromatic heterocycles. The zero-order valence-electron chi connectivity index (χ0n) is 13.4. The molecule has 0 spiro atoms. The predicted molar refractivity (Wildman–Crippen MR) is 89.8 cm³/mol. The van der Waals surface area contributed by atoms with Crippen molar-refractivity contribution in [2.24, 2.45) is 16.0 Å². The van der Waals surface area contributed by atoms with Gasteiger partial charge in [0.15, 0.2) is 6.19 Å². The van der Waals surface area contributed by atoms with E-state index in [9.17, 15) is 4.79 Å². The van der Waals surface area contributed by atoms with Gasteiger partial charge in [-0.15, -0.1) is 0 Å². The molecule has 7 nitrogen and oxygen atoms in total. The lowest BCUT2D eigenvalue weighted by atomic mass is 9.94. The standard InChI is InChI=1S/C16H20N6O/c1-10(2)19-16(18-9-17)20-13-6-4-12(5-7-13)15-11(3)8-14(23)21-22-15/h4-7,10-11H,8H2,1-3H3,(H,21,23)(H2,18,19,20). The quantitative estimate of drug-likeness (QED) is 0.343. The first-order valence-corrected chi connectivity index (χ1v) is 7.46. The first-order chi connectivity index (χ1) is 11.0. The number of benzene rings is 1. The molecular weight excluding hydrogens is 292 g/mol. The highest BCUT2D eigenvalue weighted by molar-refractivity contribution is 6.06. The van der Waals surface area contributed by atoms with E-state index in [2.05, 4.69) is 26.2 Å². The number of hydrazone groups is 1. The summed E-state index contributed by atoms with van der Waals surface area (Å²) in [5.41, 5.74) is 5.14. The molecule has 0 bridgehead atoms. The number of guanidine groups is 1. The van der Waals surface area contributed by atoms with Crippen molar-refractivity contribution < 1.29 is 4.79 Å². The molecular formula is C16H20N6O. The van der Waals surface area contributed by atoms with Gasteiger partial charge in [-0.3, -0.25) is 10.1 Å². The van der Waals surface area contributed by atoms with Crippen molar-refractivity contribution in [2.75, 3.05) is 5.32 Å². The number of carbonyl (C=O) groups excluding carboxylic acids is 1. The van der Waals surface area contributed by atoms with E-state index in [1.165, 1.54) is 0 Å². The Balaban J connectivity index is 2.13. The fraction of sp³-hybridized carbons (Fsp3) is 0.375. The molecule has 23 heavy (non-hydrogen) atoms. The topological polar surface area (TPSA) is 102 Å². The number of anilines is 1. The van der Waals surface area contributed by atoms with Gasteiger partial charge in [0.25, 0.3) is 0 Å². The van der Waals surface area contributed by atoms with Crippen molar-refractivity contribution in [1.29, 1.82) is 5.26 Å². The van der Waals surface area contributed by atoms with Crippen LogP contribution in [0.3, 0.4) is 0 Å². The number of nitriles is 1. The summed E-state index contributed by atoms with van der Waals surface area (Å²) in [5.74, 6) is 0.434. The molecule has 1 aliphatic heterocycles. The number of aliphatic imine (C=N–C) groups is 1. The Morgan fingerprint density at radius 2 is 2.13 bits per heavy atom. The maximum Gasteiger partial charge on any atom is 0.240 e. The molecule has 1 aliphatic rings. The molecule has 7 heteroatoms. The lowest BCUT2D eigenvalue weighted by Gasteiger charge is -2.19. The van der Waals surface area contributed by atoms with Crippen LogP contribution in [0.25, 0.3) is 0 Å². The molecule has 1 aromatic rings. The highest BCUT2D eigenvalue weighted by Gasteiger charge is 2.21. The minimum atomic E-state index is -0.0587. The van der Waals surface area contributed by atoms with Gasteiger partial charge in [0, 0.05) is 24.1 Å². The van der Waals surface area contributed by atoms with Crippen LogP contribution < -0.4 is 16.1 Å². The monoisotopic (exact) mass is 312 g/mol. The van der Waals surface area contributed by atoms with E-state index in [0.29, 0.717) is 12.4 Å². The third-order valence-electron chi connectivity index (χ3n) is 3.26. The van der Waals surface area contributed by atoms with Gasteiger partial charge in [-0.1, -0.05) is 19.1 Å². The van der Waals surface area contributed by atoms with Gasteiger partial charge >= 0.3 is 0 Å². The maximum atomic E-state index is 11.3. The van der Waals surface area contributed by atoms with Gasteiger partial charge in [-0.2, -0.15) is 10.4 Å². The van der Waals surface area contributed by atoms with E-state index in [1.54, 1.807) is 0 Å². The average molecular weight is 312 g/mol. The zero-order chi connectivity index (χ0) is 16.8. The lowest BCUT2D eigenvalue weighted by Crippen LogP contribution is -2.32. The van der Waals surface area contributed by atoms with Crippen LogP contribution in [0.15, 0.2) is 34.4 Å². The van der Waals surface area contributed by atoms with E-state index >= 15 is 0 Å². The van der Waals surface area contributed by atoms with Gasteiger partial charge < -0.3 is 5.32 Å². The molecule has 1 atom stereocenters. The van der Waals surface area contributed by atoms with Crippen molar-refractivity contribution in [1.82, 2.24) is 10.7 Å². The maximum absolute atomic E-state index is 11.3. The van der Waals surface area contributed by atoms with Gasteiger partial charge in [-0.05, 0) is 31.5 Å². The van der Waals surface area contributed by atoms with E-state index in [0.717, 1.165) is 17.0 Å². The van der Waals surface area contributed by atoms with Crippen LogP contribution in [-0.2, 0) is 4.79 Å². The van der Waals surface area contributed by atoms with Crippen molar-refractivity contribution in [3.8, 4) is 6.19 Å². The molecule has 1 aromatic carbocycles. The molecule has 1 heterocycles. The van der Waals surface area contributed by atoms with Crippen LogP contribution in [0.5, 0.6) is 0 Å². The SMILES string of the molecule is CC(C)N=C(NC#N)Nc1ccc(C2=NNC(=O)CC2C)cc1. The molecule has 0 saturated heterocycles. The minimum absolute atomic E-state index is 0.0587. The molecule has 1 amide bonds. The Hall–Kier alpha value is -2.88. The smallest absolute Gasteiger partial charge is 0.240 e. The second-order valence-electron chi connectivity index (χ2n) is 5.65. The van der Waals surface area contributed by atoms with E-state index < -0.39 is 0 Å². The van der Waals surface area contributed by atoms with Crippen molar-refractivity contribution in [3.05, 3.63) is 29.8 Å². The number of hydrogen-bond donors (Lipinski definition) is 3. The second kappa shape index (κ2) is 7.40. The Labute approximate surface area is 135 Å². The first kappa shape index (κ1) is 16.5. The average Bonchev–Trinajstić information content (AvgIpc) is 2.48. The first-order valence-electron chi connectivity index (χ1n) is 7.46. The van der Waals surface area contributed by atoms with Gasteiger partial charge in [0.1, 0.15) is 0 Å². The molecule has 0 radical (unpaired) electrons. The fourth-order valence-corrected chi connectivity index (χ4v) is 2.27. The highest BCUT2D eigenvalue weighted by atomic mass is 16.2. The van der Waals surface area contributed by atoms with Crippen LogP contribution in [0.4, 0.5) is 5.69 Å². The van der Waals surface area contributed by atoms with E-state index in [-0.39, 0.29) is 17.9 Å². The van der Waals surface area contributed by atoms with Crippen LogP contribution in [0.2, 0.25) is 0 Å². The van der Waals surface area contributed by atoms with Gasteiger partial charge in [0.05, 0.1) is 5.71 Å². The zero-order valence-corrected chi connectivity index (χ0v) is 13.4. The second-order valence-corrected chi connectivity index (χ2v) is 5.65. The molecule has 1 unspecified atom stereocenters. The van der Waals surface area contributed by atoms with Crippen LogP contribution in [0, 0.1) is 17.4 Å². The molecule has 0 fully saturated rings. The molecule has 120 valence electrons. The van der Waals surface area contributed by atoms with Crippen LogP contribution in [0.1, 0.15) is 32.8 Å². The van der Waals surface area contributed by atoms with Gasteiger partial charge in [0.2, 0.25) is 11.9 Å². The summed E-state index contributed by atoms with van der Waals surface area (Å²) < 4.78 is 0. The Morgan fingerprint density at radius 1 is 1.43 bits per heavy atom. The summed E-state index contributed by atoms with van der Waals surface area (Å²) in [6.07, 6.45) is 2.30. The third-order valence-corrected chi connectivity index (χ3v) is 3.26. The van der Waals surface area contributed by atoms with E-state index in [1.807, 2.05) is 51.2 Å². The van der Waals surface area contributed by atoms with Crippen molar-refractivity contribution in [3.63, 3.8) is 0 Å². The number of nitrogens with one attached hydrogen (secondary N) is 3. The number of nitrogens with zero attached hydrogens (tertiary/aromatic N) is 3. The van der Waals surface area contributed by atoms with Crippen LogP contribution in [-0.4, -0.2) is 23.6 Å². The molecule has 0 saturated carbocycles. The summed E-state index contributed by atoms with van der Waals surface area (Å²) in [7, 11) is 0. The summed E-state index contributed by atoms with van der Waals surface area (Å²) in [4.78, 5) is 15.6. The Bertz CT molecular complexity index is 669. The molecule has 3 N–H and O–H groups in total. The lowest BCUT2D eigenvalue weighted by molar-refractivity contribution is -0.121. The summed E-state index contributed by atoms with van der Waals surface area (Å²) in [5, 5.41) is 18.5. The number of amides is 1. The molecule has 0 aliphatic carbocycles. The van der Waals surface area contributed by atoms with Gasteiger partial charge in [-0.25, -0.2) is 10.4 Å². The summed E-state index contributed by atoms with van der Waals surface area (Å²) in [6, 6.07) is 7.69. The number of hydrogen-bond acceptors (Lipinski definition) is 4. The highest BCUT2D eigenvalue weighted by Crippen LogP contribution is 2.18. The fourth-order valence-electron chi connectivity index (χ4n) is 2.27. The van der Waals surface area contributed by atoms with Crippen LogP contribution >= 0.6 is 0 Å². The number of rotatable bonds is 3. The predicted octanol–water partition coefficient (Wildman–Crippen LogP) is 1.79. The third kappa shape index (κ3) is 4.54. The Kier molecular flexibility index (Phi) is 5.31. The molecule has 2 rings (SSSR count). The minimum Gasteiger partial charge on any atom is -0.326 e. The Morgan fingerprint density at radius 3 is 2.70 bits per heavy atom. The van der Waals surface area contributed by atoms with Crippen molar-refractivity contribution >= 4 is 23.3 Å². The normalized spacial score (nSPS) is 18.0. The number of carbonyl (C=O) groups is 1. The summed E-state index contributed by atoms with van der Waals surface area (Å²) in [6.45, 7) is 5.84. The van der Waals surface area contributed by atoms with E-state index in [4.69, 9.17) is 5.26 Å².